The molecule has 0 radical (unpaired) electrons. The van der Waals surface area contributed by atoms with Crippen LogP contribution in [0.3, 0.4) is 0 Å². The average Bonchev–Trinajstić information content (AvgIpc) is 2.93. The first-order valence-electron chi connectivity index (χ1n) is 6.07. The molecule has 1 heterocycles. The van der Waals surface area contributed by atoms with Crippen molar-refractivity contribution in [3.8, 4) is 0 Å². The Kier molecular flexibility index (Phi) is 5.03. The highest BCUT2D eigenvalue weighted by Gasteiger charge is 2.19. The summed E-state index contributed by atoms with van der Waals surface area (Å²) in [5.74, 6) is 0.714. The van der Waals surface area contributed by atoms with Crippen LogP contribution in [0.2, 0.25) is 5.02 Å². The van der Waals surface area contributed by atoms with Crippen molar-refractivity contribution < 1.29 is 4.79 Å². The maximum Gasteiger partial charge on any atom is 0.235 e. The lowest BCUT2D eigenvalue weighted by Crippen LogP contribution is -2.33. The number of H-pyrrole nitrogens is 1. The molecule has 1 amide bonds. The van der Waals surface area contributed by atoms with Crippen LogP contribution in [0.1, 0.15) is 12.7 Å². The van der Waals surface area contributed by atoms with Crippen molar-refractivity contribution in [1.29, 1.82) is 0 Å². The van der Waals surface area contributed by atoms with Gasteiger partial charge in [-0.2, -0.15) is 5.10 Å². The molecule has 2 rings (SSSR count). The van der Waals surface area contributed by atoms with E-state index in [9.17, 15) is 4.79 Å². The van der Waals surface area contributed by atoms with Crippen molar-refractivity contribution in [1.82, 2.24) is 20.1 Å². The first-order valence-corrected chi connectivity index (χ1v) is 7.33. The number of benzene rings is 1. The summed E-state index contributed by atoms with van der Waals surface area (Å²) < 4.78 is 0. The lowest BCUT2D eigenvalue weighted by Gasteiger charge is -2.20. The minimum atomic E-state index is -0.177. The molecular weight excluding hydrogens is 296 g/mol. The molecule has 1 aromatic carbocycles. The second-order valence-electron chi connectivity index (χ2n) is 4.34. The maximum atomic E-state index is 12.3. The van der Waals surface area contributed by atoms with Gasteiger partial charge in [0.25, 0.3) is 0 Å². The van der Waals surface area contributed by atoms with Gasteiger partial charge in [0.15, 0.2) is 0 Å². The van der Waals surface area contributed by atoms with Crippen molar-refractivity contribution in [2.24, 2.45) is 0 Å². The Bertz CT molecular complexity index is 558. The predicted molar refractivity (Wildman–Crippen MR) is 79.6 cm³/mol. The van der Waals surface area contributed by atoms with Crippen LogP contribution >= 0.6 is 23.4 Å². The minimum Gasteiger partial charge on any atom is -0.337 e. The van der Waals surface area contributed by atoms with E-state index in [0.29, 0.717) is 17.4 Å². The van der Waals surface area contributed by atoms with E-state index < -0.39 is 0 Å². The van der Waals surface area contributed by atoms with Gasteiger partial charge in [-0.25, -0.2) is 4.98 Å². The molecule has 7 heteroatoms. The highest BCUT2D eigenvalue weighted by molar-refractivity contribution is 8.00. The van der Waals surface area contributed by atoms with Crippen molar-refractivity contribution in [3.05, 3.63) is 41.4 Å². The molecule has 0 saturated heterocycles. The molecule has 5 nitrogen and oxygen atoms in total. The normalized spacial score (nSPS) is 12.2. The number of hydrogen-bond donors (Lipinski definition) is 1. The molecule has 0 aliphatic carbocycles. The number of carbonyl (C=O) groups is 1. The first kappa shape index (κ1) is 14.9. The SMILES string of the molecule is CC(Sc1ccc(Cl)cc1)C(=O)N(C)Cc1ncn[nH]1. The fourth-order valence-corrected chi connectivity index (χ4v) is 2.80. The Morgan fingerprint density at radius 2 is 2.15 bits per heavy atom. The predicted octanol–water partition coefficient (Wildman–Crippen LogP) is 2.60. The van der Waals surface area contributed by atoms with Gasteiger partial charge in [0.2, 0.25) is 5.91 Å². The number of carbonyl (C=O) groups excluding carboxylic acids is 1. The van der Waals surface area contributed by atoms with E-state index >= 15 is 0 Å². The molecule has 0 bridgehead atoms. The molecule has 20 heavy (non-hydrogen) atoms. The van der Waals surface area contributed by atoms with E-state index in [1.807, 2.05) is 31.2 Å². The zero-order chi connectivity index (χ0) is 14.5. The first-order chi connectivity index (χ1) is 9.56. The number of amides is 1. The van der Waals surface area contributed by atoms with Gasteiger partial charge < -0.3 is 4.90 Å². The number of aromatic amines is 1. The molecule has 1 aromatic heterocycles. The van der Waals surface area contributed by atoms with Crippen molar-refractivity contribution in [2.75, 3.05) is 7.05 Å². The molecule has 106 valence electrons. The van der Waals surface area contributed by atoms with Crippen molar-refractivity contribution >= 4 is 29.3 Å². The monoisotopic (exact) mass is 310 g/mol. The fraction of sp³-hybridized carbons (Fsp3) is 0.308. The molecule has 0 spiro atoms. The van der Waals surface area contributed by atoms with Crippen LogP contribution in [-0.2, 0) is 11.3 Å². The Balaban J connectivity index is 1.92. The van der Waals surface area contributed by atoms with Crippen LogP contribution in [0, 0.1) is 0 Å². The zero-order valence-corrected chi connectivity index (χ0v) is 12.8. The number of nitrogens with one attached hydrogen (secondary N) is 1. The van der Waals surface area contributed by atoms with Crippen LogP contribution < -0.4 is 0 Å². The highest BCUT2D eigenvalue weighted by Crippen LogP contribution is 2.25. The Hall–Kier alpha value is -1.53. The molecule has 0 aliphatic rings. The van der Waals surface area contributed by atoms with Gasteiger partial charge in [-0.3, -0.25) is 9.89 Å². The molecule has 1 unspecified atom stereocenters. The van der Waals surface area contributed by atoms with Crippen LogP contribution in [0.15, 0.2) is 35.5 Å². The highest BCUT2D eigenvalue weighted by atomic mass is 35.5. The van der Waals surface area contributed by atoms with E-state index in [0.717, 1.165) is 4.90 Å². The van der Waals surface area contributed by atoms with Gasteiger partial charge in [-0.05, 0) is 31.2 Å². The van der Waals surface area contributed by atoms with E-state index in [2.05, 4.69) is 15.2 Å². The third-order valence-corrected chi connectivity index (χ3v) is 4.05. The third-order valence-electron chi connectivity index (χ3n) is 2.70. The van der Waals surface area contributed by atoms with Crippen LogP contribution in [0.4, 0.5) is 0 Å². The summed E-state index contributed by atoms with van der Waals surface area (Å²) >= 11 is 7.35. The Morgan fingerprint density at radius 1 is 1.45 bits per heavy atom. The smallest absolute Gasteiger partial charge is 0.235 e. The number of rotatable bonds is 5. The average molecular weight is 311 g/mol. The summed E-state index contributed by atoms with van der Waals surface area (Å²) in [6.07, 6.45) is 1.43. The Labute approximate surface area is 126 Å². The topological polar surface area (TPSA) is 61.9 Å². The molecule has 0 fully saturated rings. The fourth-order valence-electron chi connectivity index (χ4n) is 1.69. The van der Waals surface area contributed by atoms with Gasteiger partial charge in [-0.1, -0.05) is 11.6 Å². The summed E-state index contributed by atoms with van der Waals surface area (Å²) in [6.45, 7) is 2.31. The number of thioether (sulfide) groups is 1. The summed E-state index contributed by atoms with van der Waals surface area (Å²) in [7, 11) is 1.75. The summed E-state index contributed by atoms with van der Waals surface area (Å²) in [4.78, 5) is 18.9. The maximum absolute atomic E-state index is 12.3. The van der Waals surface area contributed by atoms with Gasteiger partial charge in [-0.15, -0.1) is 11.8 Å². The van der Waals surface area contributed by atoms with Gasteiger partial charge >= 0.3 is 0 Å². The lowest BCUT2D eigenvalue weighted by molar-refractivity contribution is -0.129. The molecule has 1 atom stereocenters. The van der Waals surface area contributed by atoms with E-state index in [1.165, 1.54) is 18.1 Å². The summed E-state index contributed by atoms with van der Waals surface area (Å²) in [6, 6.07) is 7.46. The number of nitrogens with zero attached hydrogens (tertiary/aromatic N) is 3. The molecular formula is C13H15ClN4OS. The van der Waals surface area contributed by atoms with Gasteiger partial charge in [0, 0.05) is 17.0 Å². The quantitative estimate of drug-likeness (QED) is 0.862. The third kappa shape index (κ3) is 3.98. The van der Waals surface area contributed by atoms with Crippen LogP contribution in [-0.4, -0.2) is 38.3 Å². The second-order valence-corrected chi connectivity index (χ2v) is 6.19. The summed E-state index contributed by atoms with van der Waals surface area (Å²) in [5, 5.41) is 7.02. The molecule has 0 aliphatic heterocycles. The van der Waals surface area contributed by atoms with E-state index in [-0.39, 0.29) is 11.2 Å². The number of aromatic nitrogens is 3. The largest absolute Gasteiger partial charge is 0.337 e. The van der Waals surface area contributed by atoms with Gasteiger partial charge in [0.05, 0.1) is 11.8 Å². The van der Waals surface area contributed by atoms with E-state index in [4.69, 9.17) is 11.6 Å². The zero-order valence-electron chi connectivity index (χ0n) is 11.2. The van der Waals surface area contributed by atoms with E-state index in [1.54, 1.807) is 11.9 Å². The standard InChI is InChI=1S/C13H15ClN4OS/c1-9(20-11-5-3-10(14)4-6-11)13(19)18(2)7-12-15-8-16-17-12/h3-6,8-9H,7H2,1-2H3,(H,15,16,17). The van der Waals surface area contributed by atoms with Crippen molar-refractivity contribution in [2.45, 2.75) is 23.6 Å². The minimum absolute atomic E-state index is 0.0429. The van der Waals surface area contributed by atoms with Crippen LogP contribution in [0.25, 0.3) is 0 Å². The lowest BCUT2D eigenvalue weighted by atomic mass is 10.4. The van der Waals surface area contributed by atoms with Gasteiger partial charge in [0.1, 0.15) is 12.2 Å². The number of hydrogen-bond acceptors (Lipinski definition) is 4. The molecule has 0 saturated carbocycles. The number of halogens is 1. The molecule has 1 N–H and O–H groups in total. The molecule has 2 aromatic rings. The van der Waals surface area contributed by atoms with Crippen molar-refractivity contribution in [3.63, 3.8) is 0 Å². The summed E-state index contributed by atoms with van der Waals surface area (Å²) in [5.41, 5.74) is 0. The van der Waals surface area contributed by atoms with Crippen LogP contribution in [0.5, 0.6) is 0 Å². The Morgan fingerprint density at radius 3 is 2.75 bits per heavy atom. The second kappa shape index (κ2) is 6.76.